The van der Waals surface area contributed by atoms with Gasteiger partial charge in [-0.1, -0.05) is 82.8 Å². The van der Waals surface area contributed by atoms with Crippen molar-refractivity contribution in [1.29, 1.82) is 0 Å². The minimum absolute atomic E-state index is 0.126. The van der Waals surface area contributed by atoms with E-state index in [0.29, 0.717) is 27.4 Å². The lowest BCUT2D eigenvalue weighted by atomic mass is 9.87. The standard InChI is InChI=1S/C21H22O3S.C2H6/c1-21(2,3)15-10-8-14(9-11-15)13-25-20-17(12-22)19(23)16-6-4-5-7-18(16)24-20;1-2/h4-11,22H,12-13H2,1-3H3;1-2H3. The zero-order chi connectivity index (χ0) is 20.0. The summed E-state index contributed by atoms with van der Waals surface area (Å²) in [5.41, 5.74) is 3.29. The number of para-hydroxylation sites is 1. The summed E-state index contributed by atoms with van der Waals surface area (Å²) >= 11 is 1.44. The lowest BCUT2D eigenvalue weighted by Gasteiger charge is -2.19. The number of aliphatic hydroxyl groups is 1. The SMILES string of the molecule is CC.CC(C)(C)c1ccc(CSc2oc3ccccc3c(=O)c2CO)cc1. The van der Waals surface area contributed by atoms with Gasteiger partial charge in [-0.05, 0) is 28.7 Å². The first-order valence-electron chi connectivity index (χ1n) is 9.28. The molecule has 0 aliphatic carbocycles. The van der Waals surface area contributed by atoms with Crippen molar-refractivity contribution in [2.75, 3.05) is 0 Å². The molecule has 0 saturated heterocycles. The summed E-state index contributed by atoms with van der Waals surface area (Å²) in [7, 11) is 0. The number of hydrogen-bond acceptors (Lipinski definition) is 4. The summed E-state index contributed by atoms with van der Waals surface area (Å²) in [5.74, 6) is 0.679. The highest BCUT2D eigenvalue weighted by Gasteiger charge is 2.15. The van der Waals surface area contributed by atoms with Crippen molar-refractivity contribution >= 4 is 22.7 Å². The highest BCUT2D eigenvalue weighted by atomic mass is 32.2. The van der Waals surface area contributed by atoms with Crippen molar-refractivity contribution in [2.24, 2.45) is 0 Å². The fraction of sp³-hybridized carbons (Fsp3) is 0.348. The van der Waals surface area contributed by atoms with E-state index < -0.39 is 0 Å². The quantitative estimate of drug-likeness (QED) is 0.569. The molecule has 2 aromatic carbocycles. The molecule has 4 heteroatoms. The number of benzene rings is 2. The molecular formula is C23H28O3S. The average Bonchev–Trinajstić information content (AvgIpc) is 2.68. The second kappa shape index (κ2) is 9.25. The Labute approximate surface area is 165 Å². The minimum Gasteiger partial charge on any atom is -0.449 e. The summed E-state index contributed by atoms with van der Waals surface area (Å²) in [6, 6.07) is 15.6. The Kier molecular flexibility index (Phi) is 7.28. The molecule has 0 spiro atoms. The maximum atomic E-state index is 12.5. The van der Waals surface area contributed by atoms with E-state index in [9.17, 15) is 9.90 Å². The molecule has 3 nitrogen and oxygen atoms in total. The van der Waals surface area contributed by atoms with Crippen LogP contribution in [0.5, 0.6) is 0 Å². The zero-order valence-corrected chi connectivity index (χ0v) is 17.5. The molecule has 3 rings (SSSR count). The lowest BCUT2D eigenvalue weighted by molar-refractivity contribution is 0.269. The van der Waals surface area contributed by atoms with E-state index in [4.69, 9.17) is 4.42 Å². The Morgan fingerprint density at radius 1 is 1.00 bits per heavy atom. The molecule has 0 amide bonds. The summed E-state index contributed by atoms with van der Waals surface area (Å²) in [6.07, 6.45) is 0. The van der Waals surface area contributed by atoms with Gasteiger partial charge in [-0.15, -0.1) is 0 Å². The second-order valence-electron chi connectivity index (χ2n) is 7.09. The number of fused-ring (bicyclic) bond motifs is 1. The van der Waals surface area contributed by atoms with Crippen LogP contribution in [0.1, 0.15) is 51.3 Å². The van der Waals surface area contributed by atoms with E-state index in [1.807, 2.05) is 19.9 Å². The first-order valence-corrected chi connectivity index (χ1v) is 10.3. The van der Waals surface area contributed by atoms with E-state index >= 15 is 0 Å². The Morgan fingerprint density at radius 3 is 2.22 bits per heavy atom. The van der Waals surface area contributed by atoms with E-state index in [1.165, 1.54) is 17.3 Å². The molecule has 3 aromatic rings. The molecule has 27 heavy (non-hydrogen) atoms. The molecule has 1 N–H and O–H groups in total. The molecule has 144 valence electrons. The van der Waals surface area contributed by atoms with Crippen LogP contribution in [0.3, 0.4) is 0 Å². The maximum Gasteiger partial charge on any atom is 0.199 e. The summed E-state index contributed by atoms with van der Waals surface area (Å²) < 4.78 is 5.87. The molecule has 0 fully saturated rings. The summed E-state index contributed by atoms with van der Waals surface area (Å²) in [4.78, 5) is 12.5. The summed E-state index contributed by atoms with van der Waals surface area (Å²) in [5, 5.41) is 10.6. The predicted molar refractivity (Wildman–Crippen MR) is 114 cm³/mol. The van der Waals surface area contributed by atoms with Crippen LogP contribution in [0.2, 0.25) is 0 Å². The van der Waals surface area contributed by atoms with Crippen molar-refractivity contribution in [3.8, 4) is 0 Å². The highest BCUT2D eigenvalue weighted by molar-refractivity contribution is 7.98. The Balaban J connectivity index is 0.00000126. The Hall–Kier alpha value is -2.04. The molecule has 0 aliphatic rings. The third-order valence-corrected chi connectivity index (χ3v) is 5.27. The Morgan fingerprint density at radius 2 is 1.63 bits per heavy atom. The van der Waals surface area contributed by atoms with Crippen LogP contribution in [-0.4, -0.2) is 5.11 Å². The molecule has 1 heterocycles. The van der Waals surface area contributed by atoms with Crippen LogP contribution in [0.25, 0.3) is 11.0 Å². The van der Waals surface area contributed by atoms with Gasteiger partial charge in [0.2, 0.25) is 0 Å². The molecule has 0 bridgehead atoms. The monoisotopic (exact) mass is 384 g/mol. The predicted octanol–water partition coefficient (Wildman–Crippen LogP) is 5.90. The van der Waals surface area contributed by atoms with E-state index in [0.717, 1.165) is 5.56 Å². The normalized spacial score (nSPS) is 11.2. The highest BCUT2D eigenvalue weighted by Crippen LogP contribution is 2.29. The van der Waals surface area contributed by atoms with Gasteiger partial charge in [0.1, 0.15) is 5.58 Å². The third kappa shape index (κ3) is 5.02. The van der Waals surface area contributed by atoms with Gasteiger partial charge in [-0.3, -0.25) is 4.79 Å². The molecule has 0 aliphatic heterocycles. The average molecular weight is 385 g/mol. The molecule has 0 radical (unpaired) electrons. The van der Waals surface area contributed by atoms with E-state index in [1.54, 1.807) is 18.2 Å². The fourth-order valence-electron chi connectivity index (χ4n) is 2.66. The van der Waals surface area contributed by atoms with Crippen LogP contribution in [0.4, 0.5) is 0 Å². The first kappa shape index (κ1) is 21.3. The number of hydrogen-bond donors (Lipinski definition) is 1. The van der Waals surface area contributed by atoms with Crippen molar-refractivity contribution in [2.45, 2.75) is 57.5 Å². The topological polar surface area (TPSA) is 50.4 Å². The van der Waals surface area contributed by atoms with Crippen molar-refractivity contribution in [1.82, 2.24) is 0 Å². The summed E-state index contributed by atoms with van der Waals surface area (Å²) in [6.45, 7) is 10.2. The molecular weight excluding hydrogens is 356 g/mol. The van der Waals surface area contributed by atoms with Crippen molar-refractivity contribution < 1.29 is 9.52 Å². The van der Waals surface area contributed by atoms with E-state index in [2.05, 4.69) is 45.0 Å². The molecule has 1 aromatic heterocycles. The van der Waals surface area contributed by atoms with Gasteiger partial charge in [-0.2, -0.15) is 0 Å². The number of thioether (sulfide) groups is 1. The minimum atomic E-state index is -0.321. The first-order chi connectivity index (χ1) is 12.9. The van der Waals surface area contributed by atoms with Gasteiger partial charge in [0, 0.05) is 5.75 Å². The molecule has 0 unspecified atom stereocenters. The van der Waals surface area contributed by atoms with Crippen LogP contribution >= 0.6 is 11.8 Å². The van der Waals surface area contributed by atoms with Crippen molar-refractivity contribution in [3.63, 3.8) is 0 Å². The third-order valence-electron chi connectivity index (χ3n) is 4.20. The van der Waals surface area contributed by atoms with Crippen LogP contribution in [0, 0.1) is 0 Å². The van der Waals surface area contributed by atoms with Gasteiger partial charge in [0.25, 0.3) is 0 Å². The van der Waals surface area contributed by atoms with Gasteiger partial charge in [0.05, 0.1) is 17.6 Å². The Bertz CT molecular complexity index is 934. The smallest absolute Gasteiger partial charge is 0.199 e. The maximum absolute atomic E-state index is 12.5. The largest absolute Gasteiger partial charge is 0.449 e. The van der Waals surface area contributed by atoms with Crippen LogP contribution in [-0.2, 0) is 17.8 Å². The van der Waals surface area contributed by atoms with Gasteiger partial charge in [0.15, 0.2) is 10.5 Å². The van der Waals surface area contributed by atoms with E-state index in [-0.39, 0.29) is 17.5 Å². The second-order valence-corrected chi connectivity index (χ2v) is 8.04. The number of aliphatic hydroxyl groups excluding tert-OH is 1. The van der Waals surface area contributed by atoms with Gasteiger partial charge in [-0.25, -0.2) is 0 Å². The van der Waals surface area contributed by atoms with Crippen molar-refractivity contribution in [3.05, 3.63) is 75.4 Å². The van der Waals surface area contributed by atoms with Gasteiger partial charge < -0.3 is 9.52 Å². The number of rotatable bonds is 4. The molecule has 0 atom stereocenters. The van der Waals surface area contributed by atoms with Gasteiger partial charge >= 0.3 is 0 Å². The molecule has 0 saturated carbocycles. The zero-order valence-electron chi connectivity index (χ0n) is 16.7. The lowest BCUT2D eigenvalue weighted by Crippen LogP contribution is -2.11. The van der Waals surface area contributed by atoms with Crippen LogP contribution in [0.15, 0.2) is 62.8 Å². The van der Waals surface area contributed by atoms with Crippen LogP contribution < -0.4 is 5.43 Å². The fourth-order valence-corrected chi connectivity index (χ4v) is 3.63.